The average molecular weight is 262 g/mol. The van der Waals surface area contributed by atoms with Gasteiger partial charge in [-0.05, 0) is 38.1 Å². The minimum absolute atomic E-state index is 0.241. The number of alkyl halides is 1. The normalized spacial score (nSPS) is 12.5. The molecule has 0 aliphatic heterocycles. The molecule has 1 N–H and O–H groups in total. The Morgan fingerprint density at radius 3 is 2.69 bits per heavy atom. The molecule has 0 amide bonds. The lowest BCUT2D eigenvalue weighted by Gasteiger charge is -2.16. The Morgan fingerprint density at radius 2 is 2.19 bits per heavy atom. The van der Waals surface area contributed by atoms with Crippen LogP contribution >= 0.6 is 23.2 Å². The number of hydrogen-bond acceptors (Lipinski definition) is 2. The van der Waals surface area contributed by atoms with Gasteiger partial charge in [-0.3, -0.25) is 0 Å². The molecular weight excluding hydrogens is 245 g/mol. The first kappa shape index (κ1) is 13.6. The van der Waals surface area contributed by atoms with Crippen molar-refractivity contribution in [3.8, 4) is 5.75 Å². The van der Waals surface area contributed by atoms with E-state index in [1.54, 1.807) is 0 Å². The maximum atomic E-state index is 6.12. The van der Waals surface area contributed by atoms with Crippen LogP contribution in [0.1, 0.15) is 24.9 Å². The second-order valence-corrected chi connectivity index (χ2v) is 4.23. The standard InChI is InChI=1S/C12H17Cl2NO/c1-3-16-12-5-4-9(8-10(12)14)11(15-2)6-7-13/h4-5,8,11,15H,3,6-7H2,1-2H3. The molecule has 0 saturated carbocycles. The number of halogens is 2. The second-order valence-electron chi connectivity index (χ2n) is 3.44. The van der Waals surface area contributed by atoms with Crippen LogP contribution in [0.2, 0.25) is 5.02 Å². The average Bonchev–Trinajstić information content (AvgIpc) is 2.29. The Balaban J connectivity index is 2.85. The smallest absolute Gasteiger partial charge is 0.137 e. The van der Waals surface area contributed by atoms with Gasteiger partial charge in [-0.25, -0.2) is 0 Å². The van der Waals surface area contributed by atoms with Crippen LogP contribution in [0.15, 0.2) is 18.2 Å². The van der Waals surface area contributed by atoms with Crippen molar-refractivity contribution in [2.75, 3.05) is 19.5 Å². The van der Waals surface area contributed by atoms with Crippen LogP contribution in [-0.2, 0) is 0 Å². The third-order valence-electron chi connectivity index (χ3n) is 2.40. The molecule has 0 aliphatic carbocycles. The zero-order valence-corrected chi connectivity index (χ0v) is 11.1. The highest BCUT2D eigenvalue weighted by molar-refractivity contribution is 6.32. The Bertz CT molecular complexity index is 331. The molecule has 1 atom stereocenters. The van der Waals surface area contributed by atoms with Crippen molar-refractivity contribution in [3.63, 3.8) is 0 Å². The van der Waals surface area contributed by atoms with E-state index in [2.05, 4.69) is 5.32 Å². The number of hydrogen-bond donors (Lipinski definition) is 1. The van der Waals surface area contributed by atoms with Crippen molar-refractivity contribution in [1.82, 2.24) is 5.32 Å². The lowest BCUT2D eigenvalue weighted by molar-refractivity contribution is 0.340. The quantitative estimate of drug-likeness (QED) is 0.790. The molecular formula is C12H17Cl2NO. The summed E-state index contributed by atoms with van der Waals surface area (Å²) in [5.74, 6) is 1.35. The number of benzene rings is 1. The zero-order chi connectivity index (χ0) is 12.0. The van der Waals surface area contributed by atoms with Crippen LogP contribution in [0.3, 0.4) is 0 Å². The molecule has 0 fully saturated rings. The summed E-state index contributed by atoms with van der Waals surface area (Å²) < 4.78 is 5.39. The Hall–Kier alpha value is -0.440. The predicted molar refractivity (Wildman–Crippen MR) is 69.8 cm³/mol. The van der Waals surface area contributed by atoms with E-state index < -0.39 is 0 Å². The molecule has 2 nitrogen and oxygen atoms in total. The van der Waals surface area contributed by atoms with Gasteiger partial charge in [0.2, 0.25) is 0 Å². The summed E-state index contributed by atoms with van der Waals surface area (Å²) in [7, 11) is 1.92. The summed E-state index contributed by atoms with van der Waals surface area (Å²) in [5.41, 5.74) is 1.14. The first-order valence-electron chi connectivity index (χ1n) is 5.38. The number of rotatable bonds is 6. The molecule has 0 spiro atoms. The van der Waals surface area contributed by atoms with Gasteiger partial charge in [0.1, 0.15) is 5.75 Å². The molecule has 0 radical (unpaired) electrons. The van der Waals surface area contributed by atoms with Gasteiger partial charge in [-0.1, -0.05) is 17.7 Å². The van der Waals surface area contributed by atoms with Crippen LogP contribution < -0.4 is 10.1 Å². The van der Waals surface area contributed by atoms with E-state index >= 15 is 0 Å². The molecule has 0 bridgehead atoms. The van der Waals surface area contributed by atoms with Crippen molar-refractivity contribution in [2.45, 2.75) is 19.4 Å². The summed E-state index contributed by atoms with van der Waals surface area (Å²) in [5, 5.41) is 3.86. The van der Waals surface area contributed by atoms with E-state index in [9.17, 15) is 0 Å². The number of nitrogens with one attached hydrogen (secondary N) is 1. The summed E-state index contributed by atoms with van der Waals surface area (Å²) in [4.78, 5) is 0. The van der Waals surface area contributed by atoms with E-state index in [0.29, 0.717) is 17.5 Å². The number of ether oxygens (including phenoxy) is 1. The van der Waals surface area contributed by atoms with Crippen molar-refractivity contribution in [3.05, 3.63) is 28.8 Å². The summed E-state index contributed by atoms with van der Waals surface area (Å²) in [6.45, 7) is 2.56. The largest absolute Gasteiger partial charge is 0.492 e. The molecule has 1 rings (SSSR count). The van der Waals surface area contributed by atoms with Gasteiger partial charge in [0, 0.05) is 11.9 Å². The Labute approximate surface area is 107 Å². The van der Waals surface area contributed by atoms with Crippen LogP contribution in [-0.4, -0.2) is 19.5 Å². The van der Waals surface area contributed by atoms with Crippen molar-refractivity contribution < 1.29 is 4.74 Å². The molecule has 0 aliphatic rings. The first-order valence-corrected chi connectivity index (χ1v) is 6.29. The highest BCUT2D eigenvalue weighted by Crippen LogP contribution is 2.28. The van der Waals surface area contributed by atoms with Gasteiger partial charge in [0.25, 0.3) is 0 Å². The Kier molecular flexibility index (Phi) is 5.96. The minimum atomic E-state index is 0.241. The van der Waals surface area contributed by atoms with Crippen LogP contribution in [0.5, 0.6) is 5.75 Å². The van der Waals surface area contributed by atoms with Crippen LogP contribution in [0.4, 0.5) is 0 Å². The molecule has 0 saturated heterocycles. The van der Waals surface area contributed by atoms with Crippen molar-refractivity contribution in [1.29, 1.82) is 0 Å². The molecule has 1 aromatic rings. The van der Waals surface area contributed by atoms with Crippen molar-refractivity contribution >= 4 is 23.2 Å². The fourth-order valence-corrected chi connectivity index (χ4v) is 2.05. The lowest BCUT2D eigenvalue weighted by Crippen LogP contribution is -2.16. The van der Waals surface area contributed by atoms with Gasteiger partial charge in [-0.15, -0.1) is 11.6 Å². The highest BCUT2D eigenvalue weighted by atomic mass is 35.5. The van der Waals surface area contributed by atoms with Gasteiger partial charge in [-0.2, -0.15) is 0 Å². The fourth-order valence-electron chi connectivity index (χ4n) is 1.59. The van der Waals surface area contributed by atoms with E-state index in [1.165, 1.54) is 0 Å². The van der Waals surface area contributed by atoms with Crippen LogP contribution in [0.25, 0.3) is 0 Å². The van der Waals surface area contributed by atoms with Gasteiger partial charge >= 0.3 is 0 Å². The second kappa shape index (κ2) is 7.00. The summed E-state index contributed by atoms with van der Waals surface area (Å²) >= 11 is 11.9. The van der Waals surface area contributed by atoms with Crippen LogP contribution in [0, 0.1) is 0 Å². The van der Waals surface area contributed by atoms with Gasteiger partial charge < -0.3 is 10.1 Å². The topological polar surface area (TPSA) is 21.3 Å². The SMILES string of the molecule is CCOc1ccc(C(CCCl)NC)cc1Cl. The van der Waals surface area contributed by atoms with E-state index in [4.69, 9.17) is 27.9 Å². The molecule has 90 valence electrons. The van der Waals surface area contributed by atoms with E-state index in [1.807, 2.05) is 32.2 Å². The maximum Gasteiger partial charge on any atom is 0.137 e. The highest BCUT2D eigenvalue weighted by Gasteiger charge is 2.10. The summed E-state index contributed by atoms with van der Waals surface area (Å²) in [6, 6.07) is 6.09. The van der Waals surface area contributed by atoms with E-state index in [-0.39, 0.29) is 6.04 Å². The molecule has 0 heterocycles. The third kappa shape index (κ3) is 3.55. The Morgan fingerprint density at radius 1 is 1.44 bits per heavy atom. The fraction of sp³-hybridized carbons (Fsp3) is 0.500. The van der Waals surface area contributed by atoms with Gasteiger partial charge in [0.15, 0.2) is 0 Å². The zero-order valence-electron chi connectivity index (χ0n) is 9.59. The molecule has 1 aromatic carbocycles. The van der Waals surface area contributed by atoms with Crippen molar-refractivity contribution in [2.24, 2.45) is 0 Å². The summed E-state index contributed by atoms with van der Waals surface area (Å²) in [6.07, 6.45) is 0.877. The molecule has 0 aromatic heterocycles. The first-order chi connectivity index (χ1) is 7.72. The van der Waals surface area contributed by atoms with Gasteiger partial charge in [0.05, 0.1) is 11.6 Å². The monoisotopic (exact) mass is 261 g/mol. The maximum absolute atomic E-state index is 6.12. The molecule has 4 heteroatoms. The lowest BCUT2D eigenvalue weighted by atomic mass is 10.0. The minimum Gasteiger partial charge on any atom is -0.492 e. The predicted octanol–water partition coefficient (Wildman–Crippen LogP) is 3.63. The molecule has 16 heavy (non-hydrogen) atoms. The van der Waals surface area contributed by atoms with E-state index in [0.717, 1.165) is 17.7 Å². The molecule has 1 unspecified atom stereocenters. The third-order valence-corrected chi connectivity index (χ3v) is 2.92.